The first-order chi connectivity index (χ1) is 13.9. The summed E-state index contributed by atoms with van der Waals surface area (Å²) in [7, 11) is 0. The molecule has 8 nitrogen and oxygen atoms in total. The molecule has 3 N–H and O–H groups in total. The number of thioether (sulfide) groups is 1. The van der Waals surface area contributed by atoms with E-state index in [4.69, 9.17) is 17.3 Å². The number of carbonyl (C=O) groups excluding carboxylic acids is 1. The average molecular weight is 436 g/mol. The van der Waals surface area contributed by atoms with Crippen LogP contribution in [0.1, 0.15) is 37.0 Å². The number of carbonyl (C=O) groups is 1. The van der Waals surface area contributed by atoms with E-state index < -0.39 is 17.0 Å². The van der Waals surface area contributed by atoms with Crippen molar-refractivity contribution < 1.29 is 4.79 Å². The number of ketones is 1. The molecular formula is C19H22ClN5O3S. The summed E-state index contributed by atoms with van der Waals surface area (Å²) in [5, 5.41) is 1.25. The third-order valence-corrected chi connectivity index (χ3v) is 5.63. The molecule has 0 bridgehead atoms. The van der Waals surface area contributed by atoms with Gasteiger partial charge in [0.15, 0.2) is 10.9 Å². The van der Waals surface area contributed by atoms with Crippen LogP contribution in [0.5, 0.6) is 0 Å². The molecule has 0 saturated carbocycles. The molecular weight excluding hydrogens is 414 g/mol. The number of Topliss-reactive ketones (excluding diaryl/α,β-unsaturated/α-hetero) is 1. The first-order valence-electron chi connectivity index (χ1n) is 9.31. The molecule has 3 rings (SSSR count). The number of fused-ring (bicyclic) bond motifs is 1. The number of rotatable bonds is 8. The zero-order valence-corrected chi connectivity index (χ0v) is 17.8. The lowest BCUT2D eigenvalue weighted by Gasteiger charge is -2.11. The van der Waals surface area contributed by atoms with Crippen LogP contribution in [0.25, 0.3) is 11.0 Å². The fraction of sp³-hybridized carbons (Fsp3) is 0.368. The van der Waals surface area contributed by atoms with E-state index in [0.29, 0.717) is 23.1 Å². The Morgan fingerprint density at radius 2 is 1.90 bits per heavy atom. The monoisotopic (exact) mass is 435 g/mol. The second-order valence-corrected chi connectivity index (χ2v) is 7.94. The van der Waals surface area contributed by atoms with Gasteiger partial charge in [-0.2, -0.15) is 0 Å². The quantitative estimate of drug-likeness (QED) is 0.415. The number of anilines is 1. The number of H-pyrrole nitrogens is 1. The highest BCUT2D eigenvalue weighted by Crippen LogP contribution is 2.27. The highest BCUT2D eigenvalue weighted by molar-refractivity contribution is 7.99. The maximum Gasteiger partial charge on any atom is 0.329 e. The van der Waals surface area contributed by atoms with Crippen molar-refractivity contribution in [3.05, 3.63) is 49.6 Å². The van der Waals surface area contributed by atoms with E-state index in [-0.39, 0.29) is 17.1 Å². The van der Waals surface area contributed by atoms with Crippen molar-refractivity contribution in [1.29, 1.82) is 0 Å². The molecule has 0 radical (unpaired) electrons. The predicted molar refractivity (Wildman–Crippen MR) is 116 cm³/mol. The lowest BCUT2D eigenvalue weighted by Crippen LogP contribution is -2.36. The van der Waals surface area contributed by atoms with Crippen LogP contribution >= 0.6 is 23.4 Å². The van der Waals surface area contributed by atoms with Crippen LogP contribution in [0, 0.1) is 0 Å². The Kier molecular flexibility index (Phi) is 6.49. The maximum atomic E-state index is 12.8. The van der Waals surface area contributed by atoms with Gasteiger partial charge >= 0.3 is 5.69 Å². The fourth-order valence-electron chi connectivity index (χ4n) is 3.14. The summed E-state index contributed by atoms with van der Waals surface area (Å²) in [6.45, 7) is 4.98. The van der Waals surface area contributed by atoms with Crippen molar-refractivity contribution in [2.24, 2.45) is 0 Å². The lowest BCUT2D eigenvalue weighted by atomic mass is 10.2. The number of nitrogens with two attached hydrogens (primary N) is 1. The van der Waals surface area contributed by atoms with Gasteiger partial charge in [-0.25, -0.2) is 9.78 Å². The number of aryl methyl sites for hydroxylation is 1. The maximum absolute atomic E-state index is 12.8. The average Bonchev–Trinajstić information content (AvgIpc) is 3.00. The van der Waals surface area contributed by atoms with Gasteiger partial charge in [-0.05, 0) is 31.0 Å². The molecule has 0 aliphatic rings. The molecule has 0 fully saturated rings. The van der Waals surface area contributed by atoms with Gasteiger partial charge in [-0.1, -0.05) is 37.2 Å². The van der Waals surface area contributed by atoms with E-state index >= 15 is 0 Å². The third kappa shape index (κ3) is 4.25. The SMILES string of the molecule is CCCn1c(N)c(C(=O)CSc2nc3cc(Cl)ccc3n2CCC)c(=O)[nH]c1=O. The Hall–Kier alpha value is -2.52. The minimum Gasteiger partial charge on any atom is -0.384 e. The summed E-state index contributed by atoms with van der Waals surface area (Å²) in [6.07, 6.45) is 1.53. The first-order valence-corrected chi connectivity index (χ1v) is 10.7. The normalized spacial score (nSPS) is 11.3. The Morgan fingerprint density at radius 3 is 2.59 bits per heavy atom. The molecule has 0 aliphatic heterocycles. The summed E-state index contributed by atoms with van der Waals surface area (Å²) in [4.78, 5) is 43.7. The van der Waals surface area contributed by atoms with Crippen LogP contribution in [0.4, 0.5) is 5.82 Å². The van der Waals surface area contributed by atoms with Crippen molar-refractivity contribution in [3.63, 3.8) is 0 Å². The van der Waals surface area contributed by atoms with Crippen molar-refractivity contribution >= 4 is 46.0 Å². The van der Waals surface area contributed by atoms with Crippen LogP contribution < -0.4 is 17.0 Å². The van der Waals surface area contributed by atoms with Crippen molar-refractivity contribution in [3.8, 4) is 0 Å². The Balaban J connectivity index is 1.92. The van der Waals surface area contributed by atoms with Crippen molar-refractivity contribution in [2.75, 3.05) is 11.5 Å². The van der Waals surface area contributed by atoms with Crippen LogP contribution in [0.2, 0.25) is 5.02 Å². The van der Waals surface area contributed by atoms with E-state index in [1.165, 1.54) is 16.3 Å². The van der Waals surface area contributed by atoms with Gasteiger partial charge in [0.25, 0.3) is 5.56 Å². The van der Waals surface area contributed by atoms with Gasteiger partial charge in [0.2, 0.25) is 0 Å². The van der Waals surface area contributed by atoms with Crippen LogP contribution in [-0.2, 0) is 13.1 Å². The number of nitrogen functional groups attached to an aromatic ring is 1. The molecule has 0 unspecified atom stereocenters. The molecule has 0 spiro atoms. The first kappa shape index (κ1) is 21.2. The number of halogens is 1. The Labute approximate surface area is 176 Å². The van der Waals surface area contributed by atoms with E-state index in [0.717, 1.165) is 24.0 Å². The van der Waals surface area contributed by atoms with Crippen molar-refractivity contribution in [1.82, 2.24) is 19.1 Å². The summed E-state index contributed by atoms with van der Waals surface area (Å²) in [5.74, 6) is -0.579. The Morgan fingerprint density at radius 1 is 1.21 bits per heavy atom. The highest BCUT2D eigenvalue weighted by Gasteiger charge is 2.21. The summed E-state index contributed by atoms with van der Waals surface area (Å²) < 4.78 is 3.24. The molecule has 29 heavy (non-hydrogen) atoms. The van der Waals surface area contributed by atoms with Gasteiger partial charge < -0.3 is 10.3 Å². The molecule has 10 heteroatoms. The van der Waals surface area contributed by atoms with E-state index in [2.05, 4.69) is 16.9 Å². The highest BCUT2D eigenvalue weighted by atomic mass is 35.5. The number of nitrogens with zero attached hydrogens (tertiary/aromatic N) is 3. The molecule has 2 heterocycles. The molecule has 0 saturated heterocycles. The number of imidazole rings is 1. The second kappa shape index (κ2) is 8.87. The van der Waals surface area contributed by atoms with Crippen LogP contribution in [-0.4, -0.2) is 30.6 Å². The van der Waals surface area contributed by atoms with Gasteiger partial charge in [-0.15, -0.1) is 0 Å². The minimum absolute atomic E-state index is 0.0294. The van der Waals surface area contributed by atoms with E-state index in [1.807, 2.05) is 17.6 Å². The topological polar surface area (TPSA) is 116 Å². The Bertz CT molecular complexity index is 1180. The van der Waals surface area contributed by atoms with E-state index in [9.17, 15) is 14.4 Å². The number of benzene rings is 1. The third-order valence-electron chi connectivity index (χ3n) is 4.42. The number of hydrogen-bond donors (Lipinski definition) is 2. The number of nitrogens with one attached hydrogen (secondary N) is 1. The number of aromatic amines is 1. The molecule has 3 aromatic rings. The van der Waals surface area contributed by atoms with Gasteiger partial charge in [0.1, 0.15) is 11.4 Å². The zero-order valence-electron chi connectivity index (χ0n) is 16.2. The predicted octanol–water partition coefficient (Wildman–Crippen LogP) is 2.92. The largest absolute Gasteiger partial charge is 0.384 e. The lowest BCUT2D eigenvalue weighted by molar-refractivity contribution is 0.102. The molecule has 1 aromatic carbocycles. The van der Waals surface area contributed by atoms with E-state index in [1.54, 1.807) is 12.1 Å². The van der Waals surface area contributed by atoms with Gasteiger partial charge in [0, 0.05) is 18.1 Å². The smallest absolute Gasteiger partial charge is 0.329 e. The summed E-state index contributed by atoms with van der Waals surface area (Å²) in [6, 6.07) is 5.47. The summed E-state index contributed by atoms with van der Waals surface area (Å²) in [5.41, 5.74) is 6.09. The number of aromatic nitrogens is 4. The fourth-order valence-corrected chi connectivity index (χ4v) is 4.22. The molecule has 0 atom stereocenters. The molecule has 0 aliphatic carbocycles. The van der Waals surface area contributed by atoms with Crippen LogP contribution in [0.15, 0.2) is 32.9 Å². The molecule has 2 aromatic heterocycles. The summed E-state index contributed by atoms with van der Waals surface area (Å²) >= 11 is 7.29. The second-order valence-electron chi connectivity index (χ2n) is 6.56. The van der Waals surface area contributed by atoms with Crippen LogP contribution in [0.3, 0.4) is 0 Å². The van der Waals surface area contributed by atoms with Gasteiger partial charge in [0.05, 0.1) is 16.8 Å². The van der Waals surface area contributed by atoms with Gasteiger partial charge in [-0.3, -0.25) is 19.1 Å². The zero-order chi connectivity index (χ0) is 21.1. The van der Waals surface area contributed by atoms with Crippen molar-refractivity contribution in [2.45, 2.75) is 44.9 Å². The number of hydrogen-bond acceptors (Lipinski definition) is 6. The standard InChI is InChI=1S/C19H22ClN5O3S/c1-3-7-24-13-6-5-11(20)9-12(13)22-19(24)29-10-14(26)15-16(21)25(8-4-2)18(28)23-17(15)27/h5-6,9H,3-4,7-8,10,21H2,1-2H3,(H,23,27,28). The molecule has 154 valence electrons. The molecule has 0 amide bonds. The minimum atomic E-state index is -0.765.